The number of aromatic nitrogens is 2. The topological polar surface area (TPSA) is 43.8 Å². The molecule has 0 atom stereocenters. The molecule has 1 aromatic heterocycles. The molecule has 3 rings (SSSR count). The molecular weight excluding hydrogens is 246 g/mol. The molecule has 0 aliphatic heterocycles. The summed E-state index contributed by atoms with van der Waals surface area (Å²) in [7, 11) is 0. The van der Waals surface area contributed by atoms with Crippen LogP contribution >= 0.6 is 11.6 Å². The predicted molar refractivity (Wildman–Crippen MR) is 73.8 cm³/mol. The molecule has 94 valence electrons. The summed E-state index contributed by atoms with van der Waals surface area (Å²) in [6.07, 6.45) is 4.54. The van der Waals surface area contributed by atoms with E-state index >= 15 is 0 Å². The number of nitrogens with two attached hydrogens (primary N) is 1. The number of hydrogen-bond donors (Lipinski definition) is 1. The Labute approximate surface area is 112 Å². The second kappa shape index (κ2) is 4.65. The van der Waals surface area contributed by atoms with Gasteiger partial charge in [0.1, 0.15) is 5.82 Å². The maximum atomic E-state index is 6.18. The van der Waals surface area contributed by atoms with Crippen molar-refractivity contribution in [1.82, 2.24) is 9.78 Å². The first kappa shape index (κ1) is 11.6. The Hall–Kier alpha value is -1.48. The molecule has 18 heavy (non-hydrogen) atoms. The van der Waals surface area contributed by atoms with Crippen LogP contribution in [0.2, 0.25) is 5.02 Å². The number of aryl methyl sites for hydroxylation is 1. The van der Waals surface area contributed by atoms with Gasteiger partial charge in [0.25, 0.3) is 0 Å². The van der Waals surface area contributed by atoms with Gasteiger partial charge in [0, 0.05) is 10.6 Å². The third kappa shape index (κ3) is 1.99. The maximum Gasteiger partial charge on any atom is 0.125 e. The Morgan fingerprint density at radius 1 is 1.22 bits per heavy atom. The molecule has 1 aromatic carbocycles. The zero-order chi connectivity index (χ0) is 12.5. The van der Waals surface area contributed by atoms with Crippen LogP contribution in [0.15, 0.2) is 24.3 Å². The van der Waals surface area contributed by atoms with Gasteiger partial charge < -0.3 is 5.73 Å². The van der Waals surface area contributed by atoms with E-state index in [0.717, 1.165) is 29.2 Å². The molecule has 0 fully saturated rings. The quantitative estimate of drug-likeness (QED) is 0.903. The Morgan fingerprint density at radius 3 is 2.78 bits per heavy atom. The van der Waals surface area contributed by atoms with Crippen molar-refractivity contribution in [1.29, 1.82) is 0 Å². The fraction of sp³-hybridized carbons (Fsp3) is 0.357. The minimum atomic E-state index is 0.651. The van der Waals surface area contributed by atoms with E-state index in [4.69, 9.17) is 17.3 Å². The van der Waals surface area contributed by atoms with Crippen molar-refractivity contribution < 1.29 is 0 Å². The van der Waals surface area contributed by atoms with Crippen molar-refractivity contribution in [2.24, 2.45) is 0 Å². The van der Waals surface area contributed by atoms with E-state index < -0.39 is 0 Å². The Bertz CT molecular complexity index is 574. The lowest BCUT2D eigenvalue weighted by Crippen LogP contribution is -2.07. The first-order valence-electron chi connectivity index (χ1n) is 6.33. The summed E-state index contributed by atoms with van der Waals surface area (Å²) in [5.41, 5.74) is 9.66. The molecule has 1 aliphatic rings. The number of halogens is 1. The van der Waals surface area contributed by atoms with Gasteiger partial charge in [0.2, 0.25) is 0 Å². The largest absolute Gasteiger partial charge is 0.384 e. The minimum Gasteiger partial charge on any atom is -0.384 e. The predicted octanol–water partition coefficient (Wildman–Crippen LogP) is 3.05. The van der Waals surface area contributed by atoms with Gasteiger partial charge in [-0.05, 0) is 37.3 Å². The molecule has 1 heterocycles. The van der Waals surface area contributed by atoms with Crippen molar-refractivity contribution in [3.63, 3.8) is 0 Å². The van der Waals surface area contributed by atoms with Gasteiger partial charge in [0.15, 0.2) is 0 Å². The van der Waals surface area contributed by atoms with E-state index in [1.165, 1.54) is 24.1 Å². The van der Waals surface area contributed by atoms with Crippen LogP contribution in [0.4, 0.5) is 5.82 Å². The molecule has 2 aromatic rings. The van der Waals surface area contributed by atoms with Crippen LogP contribution in [0.1, 0.15) is 29.7 Å². The zero-order valence-corrected chi connectivity index (χ0v) is 11.0. The van der Waals surface area contributed by atoms with E-state index in [1.807, 2.05) is 28.9 Å². The highest BCUT2D eigenvalue weighted by molar-refractivity contribution is 6.31. The van der Waals surface area contributed by atoms with E-state index in [1.54, 1.807) is 0 Å². The van der Waals surface area contributed by atoms with Crippen LogP contribution in [0.3, 0.4) is 0 Å². The average Bonchev–Trinajstić information content (AvgIpc) is 2.70. The number of nitrogens with zero attached hydrogens (tertiary/aromatic N) is 2. The summed E-state index contributed by atoms with van der Waals surface area (Å²) < 4.78 is 1.89. The summed E-state index contributed by atoms with van der Waals surface area (Å²) in [6, 6.07) is 7.84. The van der Waals surface area contributed by atoms with E-state index in [-0.39, 0.29) is 0 Å². The summed E-state index contributed by atoms with van der Waals surface area (Å²) in [6.45, 7) is 0.651. The Balaban J connectivity index is 1.94. The van der Waals surface area contributed by atoms with E-state index in [2.05, 4.69) is 5.10 Å². The van der Waals surface area contributed by atoms with Crippen molar-refractivity contribution in [2.45, 2.75) is 32.2 Å². The summed E-state index contributed by atoms with van der Waals surface area (Å²) in [5.74, 6) is 0.810. The lowest BCUT2D eigenvalue weighted by atomic mass is 9.98. The van der Waals surface area contributed by atoms with Crippen LogP contribution in [0, 0.1) is 0 Å². The van der Waals surface area contributed by atoms with Gasteiger partial charge in [-0.25, -0.2) is 4.68 Å². The van der Waals surface area contributed by atoms with Crippen molar-refractivity contribution >= 4 is 17.4 Å². The monoisotopic (exact) mass is 261 g/mol. The number of benzene rings is 1. The van der Waals surface area contributed by atoms with Gasteiger partial charge in [-0.2, -0.15) is 5.10 Å². The molecule has 0 saturated heterocycles. The number of hydrogen-bond acceptors (Lipinski definition) is 2. The molecule has 0 spiro atoms. The second-order valence-electron chi connectivity index (χ2n) is 4.77. The van der Waals surface area contributed by atoms with Crippen LogP contribution in [-0.4, -0.2) is 9.78 Å². The van der Waals surface area contributed by atoms with Gasteiger partial charge in [-0.15, -0.1) is 0 Å². The van der Waals surface area contributed by atoms with Crippen molar-refractivity contribution in [2.75, 3.05) is 5.73 Å². The van der Waals surface area contributed by atoms with E-state index in [9.17, 15) is 0 Å². The molecule has 0 amide bonds. The Morgan fingerprint density at radius 2 is 2.00 bits per heavy atom. The molecule has 2 N–H and O–H groups in total. The molecule has 1 aliphatic carbocycles. The SMILES string of the molecule is Nc1c2c(nn1Cc1ccccc1Cl)CCCC2. The number of rotatable bonds is 2. The highest BCUT2D eigenvalue weighted by Crippen LogP contribution is 2.27. The highest BCUT2D eigenvalue weighted by atomic mass is 35.5. The molecule has 0 saturated carbocycles. The van der Waals surface area contributed by atoms with E-state index in [0.29, 0.717) is 6.54 Å². The maximum absolute atomic E-state index is 6.18. The third-order valence-corrected chi connectivity index (χ3v) is 3.91. The van der Waals surface area contributed by atoms with Crippen LogP contribution in [0.5, 0.6) is 0 Å². The van der Waals surface area contributed by atoms with Crippen LogP contribution in [0.25, 0.3) is 0 Å². The van der Waals surface area contributed by atoms with Crippen LogP contribution < -0.4 is 5.73 Å². The summed E-state index contributed by atoms with van der Waals surface area (Å²) >= 11 is 6.17. The molecule has 4 heteroatoms. The lowest BCUT2D eigenvalue weighted by Gasteiger charge is -2.09. The zero-order valence-electron chi connectivity index (χ0n) is 10.2. The normalized spacial score (nSPS) is 14.5. The molecule has 3 nitrogen and oxygen atoms in total. The molecule has 0 bridgehead atoms. The summed E-state index contributed by atoms with van der Waals surface area (Å²) in [5, 5.41) is 5.39. The lowest BCUT2D eigenvalue weighted by molar-refractivity contribution is 0.647. The number of anilines is 1. The number of fused-ring (bicyclic) bond motifs is 1. The smallest absolute Gasteiger partial charge is 0.125 e. The molecule has 0 radical (unpaired) electrons. The van der Waals surface area contributed by atoms with Crippen molar-refractivity contribution in [3.05, 3.63) is 46.1 Å². The minimum absolute atomic E-state index is 0.651. The highest BCUT2D eigenvalue weighted by Gasteiger charge is 2.18. The first-order chi connectivity index (χ1) is 8.75. The third-order valence-electron chi connectivity index (χ3n) is 3.55. The summed E-state index contributed by atoms with van der Waals surface area (Å²) in [4.78, 5) is 0. The van der Waals surface area contributed by atoms with Gasteiger partial charge in [-0.3, -0.25) is 0 Å². The first-order valence-corrected chi connectivity index (χ1v) is 6.71. The standard InChI is InChI=1S/C14H16ClN3/c15-12-7-3-1-5-10(12)9-18-14(16)11-6-2-4-8-13(11)17-18/h1,3,5,7H,2,4,6,8-9,16H2. The van der Waals surface area contributed by atoms with Gasteiger partial charge in [0.05, 0.1) is 12.2 Å². The van der Waals surface area contributed by atoms with Crippen LogP contribution in [-0.2, 0) is 19.4 Å². The fourth-order valence-electron chi connectivity index (χ4n) is 2.54. The Kier molecular flexibility index (Phi) is 3.00. The van der Waals surface area contributed by atoms with Gasteiger partial charge in [-0.1, -0.05) is 29.8 Å². The number of nitrogen functional groups attached to an aromatic ring is 1. The van der Waals surface area contributed by atoms with Gasteiger partial charge >= 0.3 is 0 Å². The van der Waals surface area contributed by atoms with Crippen molar-refractivity contribution in [3.8, 4) is 0 Å². The molecule has 0 unspecified atom stereocenters. The molecular formula is C14H16ClN3. The average molecular weight is 262 g/mol. The second-order valence-corrected chi connectivity index (χ2v) is 5.17. The fourth-order valence-corrected chi connectivity index (χ4v) is 2.74.